The monoisotopic (exact) mass is 694 g/mol. The Morgan fingerprint density at radius 2 is 1.00 bits per heavy atom. The van der Waals surface area contributed by atoms with Crippen molar-refractivity contribution in [2.75, 3.05) is 0 Å². The summed E-state index contributed by atoms with van der Waals surface area (Å²) in [5.41, 5.74) is 3.23. The van der Waals surface area contributed by atoms with E-state index < -0.39 is 10.4 Å². The summed E-state index contributed by atoms with van der Waals surface area (Å²) in [4.78, 5) is 25.1. The van der Waals surface area contributed by atoms with Crippen LogP contribution < -0.4 is 0 Å². The van der Waals surface area contributed by atoms with Crippen molar-refractivity contribution in [3.63, 3.8) is 0 Å². The van der Waals surface area contributed by atoms with Crippen LogP contribution in [0.2, 0.25) is 0 Å². The highest BCUT2D eigenvalue weighted by molar-refractivity contribution is 7.81. The number of fused-ring (bicyclic) bond motifs is 10. The van der Waals surface area contributed by atoms with Gasteiger partial charge in [-0.1, -0.05) is 51.0 Å². The zero-order valence-corrected chi connectivity index (χ0v) is 31.9. The largest absolute Gasteiger partial charge is 0.400 e. The fraction of sp³-hybridized carbons (Fsp3) is 0.857. The zero-order valence-electron chi connectivity index (χ0n) is 31.1. The zero-order chi connectivity index (χ0) is 34.7. The molecule has 0 amide bonds. The molecular weight excluding hydrogens is 633 g/mol. The van der Waals surface area contributed by atoms with Crippen molar-refractivity contribution in [1.82, 2.24) is 0 Å². The fourth-order valence-electron chi connectivity index (χ4n) is 15.1. The van der Waals surface area contributed by atoms with Crippen molar-refractivity contribution >= 4 is 22.0 Å². The van der Waals surface area contributed by atoms with Gasteiger partial charge in [0.1, 0.15) is 11.6 Å². The molecule has 0 spiro atoms. The molecule has 0 unspecified atom stereocenters. The van der Waals surface area contributed by atoms with E-state index >= 15 is 0 Å². The Morgan fingerprint density at radius 1 is 0.592 bits per heavy atom. The maximum absolute atomic E-state index is 13.5. The molecule has 49 heavy (non-hydrogen) atoms. The number of hydrogen-bond acceptors (Lipinski definition) is 6. The van der Waals surface area contributed by atoms with Crippen molar-refractivity contribution in [3.8, 4) is 0 Å². The van der Waals surface area contributed by atoms with Crippen LogP contribution in [0, 0.1) is 69.0 Å². The lowest BCUT2D eigenvalue weighted by atomic mass is 9.47. The van der Waals surface area contributed by atoms with Gasteiger partial charge in [0.2, 0.25) is 0 Å². The van der Waals surface area contributed by atoms with Crippen LogP contribution in [0.4, 0.5) is 0 Å². The molecule has 0 N–H and O–H groups in total. The lowest BCUT2D eigenvalue weighted by Crippen LogP contribution is -2.51. The third-order valence-electron chi connectivity index (χ3n) is 17.6. The minimum absolute atomic E-state index is 0.0875. The highest BCUT2D eigenvalue weighted by atomic mass is 32.3. The first-order valence-electron chi connectivity index (χ1n) is 20.1. The summed E-state index contributed by atoms with van der Waals surface area (Å²) < 4.78 is 38.7. The molecule has 0 aromatic heterocycles. The molecular formula is C42H62O6S. The first-order valence-corrected chi connectivity index (χ1v) is 21.4. The average Bonchev–Trinajstić information content (AvgIpc) is 3.58. The Hall–Kier alpha value is -1.31. The number of hydrogen-bond donors (Lipinski definition) is 0. The quantitative estimate of drug-likeness (QED) is 0.258. The van der Waals surface area contributed by atoms with Gasteiger partial charge >= 0.3 is 10.4 Å². The maximum Gasteiger partial charge on any atom is 0.400 e. The number of ketones is 2. The van der Waals surface area contributed by atoms with Crippen LogP contribution in [0.3, 0.4) is 0 Å². The molecule has 7 heteroatoms. The molecule has 14 atom stereocenters. The molecule has 6 saturated carbocycles. The summed E-state index contributed by atoms with van der Waals surface area (Å²) in [7, 11) is -4.13. The minimum atomic E-state index is -4.13. The molecule has 0 aromatic carbocycles. The third-order valence-corrected chi connectivity index (χ3v) is 18.6. The summed E-state index contributed by atoms with van der Waals surface area (Å²) in [6.45, 7) is 13.2. The van der Waals surface area contributed by atoms with Crippen LogP contribution in [0.15, 0.2) is 23.3 Å². The molecule has 0 aromatic rings. The van der Waals surface area contributed by atoms with Crippen LogP contribution in [0.25, 0.3) is 0 Å². The van der Waals surface area contributed by atoms with Crippen LogP contribution in [0.5, 0.6) is 0 Å². The number of carbonyl (C=O) groups is 2. The maximum atomic E-state index is 13.5. The predicted molar refractivity (Wildman–Crippen MR) is 190 cm³/mol. The van der Waals surface area contributed by atoms with Crippen LogP contribution >= 0.6 is 0 Å². The molecule has 0 aliphatic heterocycles. The van der Waals surface area contributed by atoms with E-state index in [1.807, 2.05) is 0 Å². The van der Waals surface area contributed by atoms with E-state index in [0.717, 1.165) is 64.2 Å². The first-order chi connectivity index (χ1) is 23.1. The van der Waals surface area contributed by atoms with Gasteiger partial charge in [-0.05, 0) is 174 Å². The summed E-state index contributed by atoms with van der Waals surface area (Å²) >= 11 is 0. The standard InChI is InChI=1S/C42H62O6S/c1-25(43)33-11-13-35-31-9-7-27-23-29(15-19-39(27,3)37(31)17-21-41(33,35)5)47-49(45,46)48-30-16-20-40(4)28(24-30)8-10-32-36-14-12-34(26(2)44)42(36,6)22-18-38(32)40/h7-8,29-38H,9-24H2,1-6H3/t29-,30-,31-,32-,33+,34+,35-,36-,37-,38-,39-,40-,41+,42+/m0/s1. The van der Waals surface area contributed by atoms with E-state index in [1.165, 1.54) is 36.8 Å². The molecule has 272 valence electrons. The summed E-state index contributed by atoms with van der Waals surface area (Å²) in [5.74, 6) is 4.85. The molecule has 0 saturated heterocycles. The van der Waals surface area contributed by atoms with E-state index in [4.69, 9.17) is 8.37 Å². The van der Waals surface area contributed by atoms with Gasteiger partial charge in [0.15, 0.2) is 0 Å². The highest BCUT2D eigenvalue weighted by Gasteiger charge is 2.61. The Bertz CT molecular complexity index is 1450. The molecule has 6 fully saturated rings. The van der Waals surface area contributed by atoms with E-state index in [1.54, 1.807) is 13.8 Å². The lowest BCUT2D eigenvalue weighted by molar-refractivity contribution is -0.128. The summed E-state index contributed by atoms with van der Waals surface area (Å²) in [6.07, 6.45) is 19.9. The van der Waals surface area contributed by atoms with Crippen molar-refractivity contribution < 1.29 is 26.4 Å². The van der Waals surface area contributed by atoms with Gasteiger partial charge in [0.05, 0.1) is 12.2 Å². The van der Waals surface area contributed by atoms with Crippen molar-refractivity contribution in [2.24, 2.45) is 69.0 Å². The third kappa shape index (κ3) is 5.30. The van der Waals surface area contributed by atoms with Gasteiger partial charge in [0, 0.05) is 11.8 Å². The Morgan fingerprint density at radius 3 is 1.39 bits per heavy atom. The van der Waals surface area contributed by atoms with E-state index in [0.29, 0.717) is 59.9 Å². The van der Waals surface area contributed by atoms with Gasteiger partial charge in [-0.25, -0.2) is 8.37 Å². The number of Topliss-reactive ketones (excluding diaryl/α,β-unsaturated/α-hetero) is 2. The highest BCUT2D eigenvalue weighted by Crippen LogP contribution is 2.68. The Balaban J connectivity index is 0.902. The molecule has 0 heterocycles. The second-order valence-corrected chi connectivity index (χ2v) is 20.6. The van der Waals surface area contributed by atoms with E-state index in [9.17, 15) is 18.0 Å². The molecule has 8 rings (SSSR count). The molecule has 0 bridgehead atoms. The Kier molecular flexibility index (Phi) is 8.41. The van der Waals surface area contributed by atoms with Crippen LogP contribution in [-0.4, -0.2) is 32.2 Å². The van der Waals surface area contributed by atoms with Crippen molar-refractivity contribution in [3.05, 3.63) is 23.3 Å². The Labute approximate surface area is 296 Å². The van der Waals surface area contributed by atoms with E-state index in [-0.39, 0.29) is 45.7 Å². The van der Waals surface area contributed by atoms with Gasteiger partial charge in [-0.3, -0.25) is 9.59 Å². The van der Waals surface area contributed by atoms with Gasteiger partial charge in [0.25, 0.3) is 0 Å². The van der Waals surface area contributed by atoms with Gasteiger partial charge in [-0.2, -0.15) is 8.42 Å². The summed E-state index contributed by atoms with van der Waals surface area (Å²) in [5, 5.41) is 0. The smallest absolute Gasteiger partial charge is 0.300 e. The SMILES string of the molecule is CC(=O)[C@H]1CC[C@H]2[C@@H]3CC=C4C[C@@H](OS(=O)(=O)O[C@H]5CC[C@@]6(C)C(=CC[C@H]7[C@@H]8CC[C@H](C(C)=O)[C@@]8(C)CC[C@@H]76)C5)CC[C@]4(C)[C@H]3CC[C@]12C. The number of allylic oxidation sites excluding steroid dienone is 2. The number of carbonyl (C=O) groups excluding carboxylic acids is 2. The lowest BCUT2D eigenvalue weighted by Gasteiger charge is -2.58. The predicted octanol–water partition coefficient (Wildman–Crippen LogP) is 9.34. The average molecular weight is 695 g/mol. The van der Waals surface area contributed by atoms with Gasteiger partial charge in [-0.15, -0.1) is 0 Å². The van der Waals surface area contributed by atoms with Crippen molar-refractivity contribution in [1.29, 1.82) is 0 Å². The van der Waals surface area contributed by atoms with Gasteiger partial charge < -0.3 is 0 Å². The van der Waals surface area contributed by atoms with Crippen LogP contribution in [-0.2, 0) is 28.4 Å². The number of rotatable bonds is 6. The summed E-state index contributed by atoms with van der Waals surface area (Å²) in [6, 6.07) is 0. The van der Waals surface area contributed by atoms with Crippen molar-refractivity contribution in [2.45, 2.75) is 156 Å². The second kappa shape index (κ2) is 11.9. The molecule has 6 nitrogen and oxygen atoms in total. The normalized spacial score (nSPS) is 50.4. The van der Waals surface area contributed by atoms with E-state index in [2.05, 4.69) is 39.8 Å². The minimum Gasteiger partial charge on any atom is -0.300 e. The molecule has 0 radical (unpaired) electrons. The second-order valence-electron chi connectivity index (χ2n) is 19.4. The topological polar surface area (TPSA) is 86.7 Å². The molecule has 8 aliphatic rings. The fourth-order valence-corrected chi connectivity index (χ4v) is 16.2. The molecule has 8 aliphatic carbocycles. The first kappa shape index (κ1) is 34.8. The van der Waals surface area contributed by atoms with Crippen LogP contribution in [0.1, 0.15) is 144 Å².